The van der Waals surface area contributed by atoms with Crippen molar-refractivity contribution in [3.63, 3.8) is 0 Å². The molecule has 0 atom stereocenters. The highest BCUT2D eigenvalue weighted by molar-refractivity contribution is 6.00. The lowest BCUT2D eigenvalue weighted by Crippen LogP contribution is -2.00. The summed E-state index contributed by atoms with van der Waals surface area (Å²) in [5, 5.41) is 13.7. The molecule has 7 heteroatoms. The van der Waals surface area contributed by atoms with Gasteiger partial charge < -0.3 is 10.1 Å². The third kappa shape index (κ3) is 2.16. The Kier molecular flexibility index (Phi) is 3.17. The molecular formula is C14H15N5O2. The largest absolute Gasteiger partial charge is 0.478 e. The minimum Gasteiger partial charge on any atom is -0.478 e. The van der Waals surface area contributed by atoms with Crippen molar-refractivity contribution in [2.24, 2.45) is 0 Å². The molecular weight excluding hydrogens is 270 g/mol. The normalized spacial score (nSPS) is 11.1. The van der Waals surface area contributed by atoms with Crippen LogP contribution in [0.25, 0.3) is 22.7 Å². The number of aromatic nitrogens is 5. The number of carbonyl (C=O) groups is 1. The molecule has 0 aliphatic heterocycles. The van der Waals surface area contributed by atoms with Gasteiger partial charge in [0.1, 0.15) is 5.69 Å². The van der Waals surface area contributed by atoms with Crippen molar-refractivity contribution in [2.75, 3.05) is 0 Å². The molecule has 3 aromatic rings. The number of nitrogens with one attached hydrogen (secondary N) is 1. The predicted molar refractivity (Wildman–Crippen MR) is 77.1 cm³/mol. The van der Waals surface area contributed by atoms with E-state index in [1.54, 1.807) is 0 Å². The lowest BCUT2D eigenvalue weighted by atomic mass is 10.2. The number of H-pyrrole nitrogens is 1. The molecule has 0 radical (unpaired) electrons. The number of fused-ring (bicyclic) bond motifs is 1. The first-order valence-corrected chi connectivity index (χ1v) is 6.79. The van der Waals surface area contributed by atoms with Crippen LogP contribution in [0.5, 0.6) is 0 Å². The zero-order chi connectivity index (χ0) is 15.0. The number of aromatic carboxylic acids is 1. The molecule has 0 bridgehead atoms. The van der Waals surface area contributed by atoms with Crippen molar-refractivity contribution in [2.45, 2.75) is 26.8 Å². The lowest BCUT2D eigenvalue weighted by molar-refractivity contribution is 0.0698. The molecule has 0 saturated carbocycles. The summed E-state index contributed by atoms with van der Waals surface area (Å²) in [6.07, 6.45) is 2.28. The average molecular weight is 285 g/mol. The van der Waals surface area contributed by atoms with Gasteiger partial charge in [-0.1, -0.05) is 6.92 Å². The van der Waals surface area contributed by atoms with E-state index in [1.165, 1.54) is 12.3 Å². The Morgan fingerprint density at radius 2 is 2.24 bits per heavy atom. The van der Waals surface area contributed by atoms with Gasteiger partial charge in [-0.25, -0.2) is 14.8 Å². The number of carboxylic acid groups (broad SMARTS) is 1. The fourth-order valence-corrected chi connectivity index (χ4v) is 2.29. The summed E-state index contributed by atoms with van der Waals surface area (Å²) >= 11 is 0. The van der Waals surface area contributed by atoms with Gasteiger partial charge in [0, 0.05) is 12.7 Å². The molecule has 0 saturated heterocycles. The molecule has 3 aromatic heterocycles. The van der Waals surface area contributed by atoms with E-state index in [4.69, 9.17) is 0 Å². The first-order valence-electron chi connectivity index (χ1n) is 6.79. The first-order chi connectivity index (χ1) is 10.1. The second-order valence-corrected chi connectivity index (χ2v) is 4.64. The minimum atomic E-state index is -1.00. The molecule has 0 aliphatic carbocycles. The smallest absolute Gasteiger partial charge is 0.338 e. The van der Waals surface area contributed by atoms with Gasteiger partial charge in [0.25, 0.3) is 0 Å². The average Bonchev–Trinajstić information content (AvgIpc) is 3.09. The molecule has 0 unspecified atom stereocenters. The fraction of sp³-hybridized carbons (Fsp3) is 0.286. The summed E-state index contributed by atoms with van der Waals surface area (Å²) in [7, 11) is 0. The van der Waals surface area contributed by atoms with Crippen LogP contribution in [-0.4, -0.2) is 35.8 Å². The number of imidazole rings is 1. The van der Waals surface area contributed by atoms with E-state index in [2.05, 4.69) is 20.1 Å². The molecule has 0 amide bonds. The summed E-state index contributed by atoms with van der Waals surface area (Å²) in [4.78, 5) is 22.8. The molecule has 3 rings (SSSR count). The maximum Gasteiger partial charge on any atom is 0.338 e. The van der Waals surface area contributed by atoms with E-state index in [0.717, 1.165) is 17.8 Å². The Morgan fingerprint density at radius 3 is 2.90 bits per heavy atom. The zero-order valence-electron chi connectivity index (χ0n) is 11.8. The van der Waals surface area contributed by atoms with E-state index in [1.807, 2.05) is 24.6 Å². The van der Waals surface area contributed by atoms with Gasteiger partial charge in [0.2, 0.25) is 0 Å². The molecule has 0 fully saturated rings. The van der Waals surface area contributed by atoms with Crippen molar-refractivity contribution in [1.82, 2.24) is 24.7 Å². The molecule has 7 nitrogen and oxygen atoms in total. The maximum atomic E-state index is 11.2. The van der Waals surface area contributed by atoms with Gasteiger partial charge in [-0.3, -0.25) is 4.68 Å². The summed E-state index contributed by atoms with van der Waals surface area (Å²) in [6, 6.07) is 3.42. The Balaban J connectivity index is 2.20. The highest BCUT2D eigenvalue weighted by Crippen LogP contribution is 2.22. The van der Waals surface area contributed by atoms with E-state index >= 15 is 0 Å². The van der Waals surface area contributed by atoms with Crippen LogP contribution in [0.1, 0.15) is 29.9 Å². The topological polar surface area (TPSA) is 96.7 Å². The van der Waals surface area contributed by atoms with Crippen LogP contribution in [-0.2, 0) is 13.0 Å². The molecule has 0 aromatic carbocycles. The van der Waals surface area contributed by atoms with Gasteiger partial charge >= 0.3 is 5.97 Å². The molecule has 21 heavy (non-hydrogen) atoms. The predicted octanol–water partition coefficient (Wildman–Crippen LogP) is 2.10. The second-order valence-electron chi connectivity index (χ2n) is 4.64. The maximum absolute atomic E-state index is 11.2. The third-order valence-electron chi connectivity index (χ3n) is 3.36. The Labute approximate surface area is 120 Å². The minimum absolute atomic E-state index is 0.164. The van der Waals surface area contributed by atoms with E-state index in [0.29, 0.717) is 23.5 Å². The Morgan fingerprint density at radius 1 is 1.43 bits per heavy atom. The fourth-order valence-electron chi connectivity index (χ4n) is 2.29. The standard InChI is InChI=1S/C14H15N5O2/c1-3-8-7-10(19(4-2)18-8)12-16-11-9(14(20)21)5-6-15-13(11)17-12/h5-7H,3-4H2,1-2H3,(H,20,21)(H,15,16,17). The van der Waals surface area contributed by atoms with Gasteiger partial charge in [-0.05, 0) is 25.5 Å². The van der Waals surface area contributed by atoms with Crippen LogP contribution in [0, 0.1) is 0 Å². The van der Waals surface area contributed by atoms with E-state index < -0.39 is 5.97 Å². The first kappa shape index (κ1) is 13.3. The number of aryl methyl sites for hydroxylation is 2. The molecule has 0 aliphatic rings. The SMILES string of the molecule is CCc1cc(-c2nc3nccc(C(=O)O)c3[nH]2)n(CC)n1. The number of rotatable bonds is 4. The number of pyridine rings is 1. The Hall–Kier alpha value is -2.70. The van der Waals surface area contributed by atoms with Crippen LogP contribution in [0.2, 0.25) is 0 Å². The molecule has 0 spiro atoms. The lowest BCUT2D eigenvalue weighted by Gasteiger charge is -2.00. The molecule has 3 heterocycles. The second kappa shape index (κ2) is 5.01. The Bertz CT molecular complexity index is 818. The van der Waals surface area contributed by atoms with E-state index in [-0.39, 0.29) is 5.56 Å². The highest BCUT2D eigenvalue weighted by atomic mass is 16.4. The van der Waals surface area contributed by atoms with E-state index in [9.17, 15) is 9.90 Å². The van der Waals surface area contributed by atoms with Gasteiger partial charge in [0.15, 0.2) is 11.5 Å². The summed E-state index contributed by atoms with van der Waals surface area (Å²) in [6.45, 7) is 4.75. The summed E-state index contributed by atoms with van der Waals surface area (Å²) in [5.41, 5.74) is 2.80. The van der Waals surface area contributed by atoms with Crippen LogP contribution >= 0.6 is 0 Å². The van der Waals surface area contributed by atoms with Crippen molar-refractivity contribution >= 4 is 17.1 Å². The van der Waals surface area contributed by atoms with Crippen molar-refractivity contribution in [1.29, 1.82) is 0 Å². The van der Waals surface area contributed by atoms with Crippen molar-refractivity contribution in [3.05, 3.63) is 29.6 Å². The van der Waals surface area contributed by atoms with Gasteiger partial charge in [-0.2, -0.15) is 5.10 Å². The van der Waals surface area contributed by atoms with Crippen molar-refractivity contribution in [3.8, 4) is 11.5 Å². The van der Waals surface area contributed by atoms with Crippen LogP contribution in [0.15, 0.2) is 18.3 Å². The third-order valence-corrected chi connectivity index (χ3v) is 3.36. The van der Waals surface area contributed by atoms with Crippen molar-refractivity contribution < 1.29 is 9.90 Å². The number of aromatic amines is 1. The van der Waals surface area contributed by atoms with Gasteiger partial charge in [0.05, 0.1) is 16.8 Å². The zero-order valence-corrected chi connectivity index (χ0v) is 11.8. The summed E-state index contributed by atoms with van der Waals surface area (Å²) in [5.74, 6) is -0.420. The quantitative estimate of drug-likeness (QED) is 0.765. The number of hydrogen-bond acceptors (Lipinski definition) is 4. The monoisotopic (exact) mass is 285 g/mol. The number of hydrogen-bond donors (Lipinski definition) is 2. The van der Waals surface area contributed by atoms with Crippen LogP contribution in [0.4, 0.5) is 0 Å². The number of carboxylic acids is 1. The number of nitrogens with zero attached hydrogens (tertiary/aromatic N) is 4. The van der Waals surface area contributed by atoms with Gasteiger partial charge in [-0.15, -0.1) is 0 Å². The highest BCUT2D eigenvalue weighted by Gasteiger charge is 2.16. The van der Waals surface area contributed by atoms with Crippen LogP contribution < -0.4 is 0 Å². The van der Waals surface area contributed by atoms with Crippen LogP contribution in [0.3, 0.4) is 0 Å². The molecule has 108 valence electrons. The molecule has 2 N–H and O–H groups in total. The summed E-state index contributed by atoms with van der Waals surface area (Å²) < 4.78 is 1.84.